The molecule has 0 aliphatic rings. The van der Waals surface area contributed by atoms with Crippen LogP contribution >= 0.6 is 0 Å². The predicted octanol–water partition coefficient (Wildman–Crippen LogP) is 1.91. The van der Waals surface area contributed by atoms with E-state index in [0.29, 0.717) is 16.9 Å². The van der Waals surface area contributed by atoms with E-state index < -0.39 is 11.9 Å². The first-order valence-corrected chi connectivity index (χ1v) is 6.42. The molecule has 0 aliphatic carbocycles. The van der Waals surface area contributed by atoms with Crippen molar-refractivity contribution in [3.63, 3.8) is 0 Å². The number of nitrogens with one attached hydrogen (secondary N) is 1. The van der Waals surface area contributed by atoms with Crippen molar-refractivity contribution in [3.8, 4) is 5.75 Å². The Morgan fingerprint density at radius 3 is 2.18 bits per heavy atom. The fourth-order valence-electron chi connectivity index (χ4n) is 1.75. The van der Waals surface area contributed by atoms with E-state index in [-0.39, 0.29) is 5.71 Å². The number of carboxylic acid groups (broad SMARTS) is 1. The molecular formula is C16H14N2O4. The van der Waals surface area contributed by atoms with Crippen LogP contribution in [-0.4, -0.2) is 29.8 Å². The van der Waals surface area contributed by atoms with Crippen LogP contribution < -0.4 is 10.2 Å². The molecule has 6 nitrogen and oxygen atoms in total. The summed E-state index contributed by atoms with van der Waals surface area (Å²) < 4.78 is 5.00. The molecule has 2 aromatic rings. The number of methoxy groups -OCH3 is 1. The van der Waals surface area contributed by atoms with Crippen molar-refractivity contribution in [3.05, 3.63) is 65.7 Å². The Balaban J connectivity index is 2.16. The maximum Gasteiger partial charge on any atom is 0.356 e. The lowest BCUT2D eigenvalue weighted by Crippen LogP contribution is -2.24. The van der Waals surface area contributed by atoms with Crippen LogP contribution in [0.1, 0.15) is 15.9 Å². The summed E-state index contributed by atoms with van der Waals surface area (Å²) in [5.74, 6) is -1.10. The van der Waals surface area contributed by atoms with Crippen molar-refractivity contribution >= 4 is 17.6 Å². The van der Waals surface area contributed by atoms with Crippen LogP contribution in [0.2, 0.25) is 0 Å². The van der Waals surface area contributed by atoms with Crippen molar-refractivity contribution in [1.29, 1.82) is 0 Å². The molecule has 0 bridgehead atoms. The Labute approximate surface area is 127 Å². The summed E-state index contributed by atoms with van der Waals surface area (Å²) in [6, 6.07) is 14.7. The number of hydrazone groups is 1. The van der Waals surface area contributed by atoms with Gasteiger partial charge in [-0.05, 0) is 24.3 Å². The van der Waals surface area contributed by atoms with Gasteiger partial charge in [-0.2, -0.15) is 5.10 Å². The maximum atomic E-state index is 12.0. The number of benzene rings is 2. The largest absolute Gasteiger partial charge is 0.497 e. The van der Waals surface area contributed by atoms with Gasteiger partial charge in [0.1, 0.15) is 5.75 Å². The third-order valence-electron chi connectivity index (χ3n) is 2.87. The minimum absolute atomic E-state index is 0.234. The van der Waals surface area contributed by atoms with E-state index in [1.165, 1.54) is 7.11 Å². The molecule has 0 unspecified atom stereocenters. The van der Waals surface area contributed by atoms with Gasteiger partial charge in [0.25, 0.3) is 5.91 Å². The lowest BCUT2D eigenvalue weighted by Gasteiger charge is -2.04. The quantitative estimate of drug-likeness (QED) is 0.652. The number of carbonyl (C=O) groups is 2. The maximum absolute atomic E-state index is 12.0. The summed E-state index contributed by atoms with van der Waals surface area (Å²) in [6.45, 7) is 0. The second-order valence-corrected chi connectivity index (χ2v) is 4.30. The molecule has 22 heavy (non-hydrogen) atoms. The monoisotopic (exact) mass is 298 g/mol. The van der Waals surface area contributed by atoms with Gasteiger partial charge < -0.3 is 9.84 Å². The number of ether oxygens (including phenoxy) is 1. The molecule has 2 rings (SSSR count). The van der Waals surface area contributed by atoms with E-state index >= 15 is 0 Å². The fourth-order valence-corrected chi connectivity index (χ4v) is 1.75. The van der Waals surface area contributed by atoms with Crippen molar-refractivity contribution in [2.75, 3.05) is 7.11 Å². The van der Waals surface area contributed by atoms with Gasteiger partial charge in [-0.3, -0.25) is 4.79 Å². The first-order valence-electron chi connectivity index (χ1n) is 6.42. The molecule has 0 spiro atoms. The summed E-state index contributed by atoms with van der Waals surface area (Å²) in [5.41, 5.74) is 2.77. The minimum Gasteiger partial charge on any atom is -0.497 e. The summed E-state index contributed by atoms with van der Waals surface area (Å²) in [5, 5.41) is 12.9. The third kappa shape index (κ3) is 3.69. The molecule has 0 saturated heterocycles. The normalized spacial score (nSPS) is 10.9. The van der Waals surface area contributed by atoms with Crippen molar-refractivity contribution in [2.24, 2.45) is 5.10 Å². The summed E-state index contributed by atoms with van der Waals surface area (Å²) in [6.07, 6.45) is 0. The molecule has 0 radical (unpaired) electrons. The molecule has 2 N–H and O–H groups in total. The first-order chi connectivity index (χ1) is 10.6. The zero-order valence-corrected chi connectivity index (χ0v) is 11.8. The highest BCUT2D eigenvalue weighted by Gasteiger charge is 2.13. The van der Waals surface area contributed by atoms with E-state index in [4.69, 9.17) is 4.74 Å². The number of carbonyl (C=O) groups excluding carboxylic acids is 1. The zero-order valence-electron chi connectivity index (χ0n) is 11.8. The number of nitrogens with zero attached hydrogens (tertiary/aromatic N) is 1. The van der Waals surface area contributed by atoms with Gasteiger partial charge >= 0.3 is 5.97 Å². The number of carboxylic acids is 1. The topological polar surface area (TPSA) is 88.0 Å². The fraction of sp³-hybridized carbons (Fsp3) is 0.0625. The molecule has 1 amide bonds. The molecule has 0 heterocycles. The van der Waals surface area contributed by atoms with Crippen LogP contribution in [0.15, 0.2) is 59.7 Å². The molecular weight excluding hydrogens is 284 g/mol. The Morgan fingerprint density at radius 1 is 1.00 bits per heavy atom. The van der Waals surface area contributed by atoms with Crippen molar-refractivity contribution < 1.29 is 19.4 Å². The average Bonchev–Trinajstić information content (AvgIpc) is 2.55. The lowest BCUT2D eigenvalue weighted by molar-refractivity contribution is -0.129. The highest BCUT2D eigenvalue weighted by molar-refractivity contribution is 6.42. The zero-order chi connectivity index (χ0) is 15.9. The first kappa shape index (κ1) is 15.2. The number of hydrogen-bond acceptors (Lipinski definition) is 4. The highest BCUT2D eigenvalue weighted by Crippen LogP contribution is 2.11. The van der Waals surface area contributed by atoms with Crippen molar-refractivity contribution in [2.45, 2.75) is 0 Å². The van der Waals surface area contributed by atoms with Crippen LogP contribution in [0.4, 0.5) is 0 Å². The smallest absolute Gasteiger partial charge is 0.356 e. The van der Waals surface area contributed by atoms with Gasteiger partial charge in [0, 0.05) is 11.1 Å². The Hall–Kier alpha value is -3.15. The highest BCUT2D eigenvalue weighted by atomic mass is 16.5. The number of aliphatic carboxylic acids is 1. The SMILES string of the molecule is COc1ccc(C(=O)N/N=C(/C(=O)O)c2ccccc2)cc1. The molecule has 0 aliphatic heterocycles. The van der Waals surface area contributed by atoms with Gasteiger partial charge in [-0.1, -0.05) is 30.3 Å². The second-order valence-electron chi connectivity index (χ2n) is 4.30. The van der Waals surface area contributed by atoms with E-state index in [1.807, 2.05) is 0 Å². The van der Waals surface area contributed by atoms with Crippen LogP contribution in [0.3, 0.4) is 0 Å². The molecule has 2 aromatic carbocycles. The molecule has 0 fully saturated rings. The Morgan fingerprint density at radius 2 is 1.64 bits per heavy atom. The molecule has 0 saturated carbocycles. The van der Waals surface area contributed by atoms with Gasteiger partial charge in [0.05, 0.1) is 7.11 Å². The summed E-state index contributed by atoms with van der Waals surface area (Å²) >= 11 is 0. The standard InChI is InChI=1S/C16H14N2O4/c1-22-13-9-7-12(8-10-13)15(19)18-17-14(16(20)21)11-5-3-2-4-6-11/h2-10H,1H3,(H,18,19)(H,20,21)/b17-14+. The molecule has 0 aromatic heterocycles. The van der Waals surface area contributed by atoms with Gasteiger partial charge in [-0.15, -0.1) is 0 Å². The second kappa shape index (κ2) is 7.03. The summed E-state index contributed by atoms with van der Waals surface area (Å²) in [7, 11) is 1.53. The Bertz CT molecular complexity index is 694. The van der Waals surface area contributed by atoms with Gasteiger partial charge in [-0.25, -0.2) is 10.2 Å². The van der Waals surface area contributed by atoms with Gasteiger partial charge in [0.15, 0.2) is 5.71 Å². The van der Waals surface area contributed by atoms with Crippen molar-refractivity contribution in [1.82, 2.24) is 5.43 Å². The van der Waals surface area contributed by atoms with Gasteiger partial charge in [0.2, 0.25) is 0 Å². The Kier molecular flexibility index (Phi) is 4.87. The molecule has 112 valence electrons. The average molecular weight is 298 g/mol. The number of amides is 1. The van der Waals surface area contributed by atoms with E-state index in [9.17, 15) is 14.7 Å². The lowest BCUT2D eigenvalue weighted by atomic mass is 10.1. The van der Waals surface area contributed by atoms with Crippen LogP contribution in [0.25, 0.3) is 0 Å². The molecule has 6 heteroatoms. The number of rotatable bonds is 5. The minimum atomic E-state index is -1.22. The predicted molar refractivity (Wildman–Crippen MR) is 81.1 cm³/mol. The van der Waals surface area contributed by atoms with E-state index in [1.54, 1.807) is 54.6 Å². The van der Waals surface area contributed by atoms with Crippen LogP contribution in [0.5, 0.6) is 5.75 Å². The van der Waals surface area contributed by atoms with E-state index in [0.717, 1.165) is 0 Å². The van der Waals surface area contributed by atoms with E-state index in [2.05, 4.69) is 10.5 Å². The summed E-state index contributed by atoms with van der Waals surface area (Å²) in [4.78, 5) is 23.2. The number of hydrogen-bond donors (Lipinski definition) is 2. The molecule has 0 atom stereocenters. The third-order valence-corrected chi connectivity index (χ3v) is 2.87. The van der Waals surface area contributed by atoms with Crippen LogP contribution in [0, 0.1) is 0 Å². The van der Waals surface area contributed by atoms with Crippen LogP contribution in [-0.2, 0) is 4.79 Å².